The first-order valence-electron chi connectivity index (χ1n) is 6.15. The summed E-state index contributed by atoms with van der Waals surface area (Å²) in [6, 6.07) is 0. The maximum absolute atomic E-state index is 11.5. The number of allylic oxidation sites excluding steroid dienone is 2. The number of hydrogen-bond donors (Lipinski definition) is 0. The lowest BCUT2D eigenvalue weighted by molar-refractivity contribution is -0.115. The Hall–Kier alpha value is -0.590. The second-order valence-electron chi connectivity index (χ2n) is 6.87. The van der Waals surface area contributed by atoms with Crippen LogP contribution in [0.25, 0.3) is 0 Å². The van der Waals surface area contributed by atoms with E-state index in [4.69, 9.17) is 0 Å². The lowest BCUT2D eigenvalue weighted by Crippen LogP contribution is -2.24. The minimum absolute atomic E-state index is 0.246. The summed E-state index contributed by atoms with van der Waals surface area (Å²) in [6.45, 7) is 7.10. The Bertz CT molecular complexity index is 364. The first-order chi connectivity index (χ1) is 6.91. The number of hydrogen-bond acceptors (Lipinski definition) is 1. The zero-order valence-corrected chi connectivity index (χ0v) is 9.97. The molecule has 3 rings (SSSR count). The van der Waals surface area contributed by atoms with E-state index in [1.165, 1.54) is 24.8 Å². The zero-order chi connectivity index (χ0) is 10.8. The third-order valence-electron chi connectivity index (χ3n) is 5.07. The van der Waals surface area contributed by atoms with Crippen LogP contribution in [0.4, 0.5) is 0 Å². The van der Waals surface area contributed by atoms with Crippen molar-refractivity contribution in [2.45, 2.75) is 46.5 Å². The lowest BCUT2D eigenvalue weighted by atomic mass is 9.74. The molecule has 3 atom stereocenters. The number of carbonyl (C=O) groups excluding carboxylic acids is 1. The van der Waals surface area contributed by atoms with Gasteiger partial charge in [-0.3, -0.25) is 4.79 Å². The van der Waals surface area contributed by atoms with Gasteiger partial charge < -0.3 is 0 Å². The molecule has 0 aromatic carbocycles. The third kappa shape index (κ3) is 1.18. The molecule has 0 spiro atoms. The van der Waals surface area contributed by atoms with Crippen LogP contribution in [0.3, 0.4) is 0 Å². The predicted molar refractivity (Wildman–Crippen MR) is 60.4 cm³/mol. The molecule has 0 heterocycles. The van der Waals surface area contributed by atoms with E-state index in [-0.39, 0.29) is 5.41 Å². The molecule has 0 aromatic heterocycles. The molecule has 2 fully saturated rings. The fourth-order valence-electron chi connectivity index (χ4n) is 4.49. The van der Waals surface area contributed by atoms with E-state index < -0.39 is 0 Å². The maximum atomic E-state index is 11.5. The van der Waals surface area contributed by atoms with Gasteiger partial charge >= 0.3 is 0 Å². The van der Waals surface area contributed by atoms with Crippen molar-refractivity contribution in [2.24, 2.45) is 22.7 Å². The highest BCUT2D eigenvalue weighted by Gasteiger charge is 2.56. The lowest BCUT2D eigenvalue weighted by Gasteiger charge is -2.30. The van der Waals surface area contributed by atoms with Crippen molar-refractivity contribution in [2.75, 3.05) is 0 Å². The average Bonchev–Trinajstić information content (AvgIpc) is 2.58. The molecule has 82 valence electrons. The van der Waals surface area contributed by atoms with Crippen molar-refractivity contribution in [1.82, 2.24) is 0 Å². The Kier molecular flexibility index (Phi) is 1.64. The Morgan fingerprint density at radius 3 is 2.73 bits per heavy atom. The van der Waals surface area contributed by atoms with Gasteiger partial charge in [0.05, 0.1) is 0 Å². The normalized spacial score (nSPS) is 46.6. The summed E-state index contributed by atoms with van der Waals surface area (Å²) >= 11 is 0. The number of ketones is 1. The van der Waals surface area contributed by atoms with Crippen LogP contribution in [0.2, 0.25) is 0 Å². The molecule has 2 saturated carbocycles. The highest BCUT2D eigenvalue weighted by Crippen LogP contribution is 2.64. The molecule has 0 saturated heterocycles. The monoisotopic (exact) mass is 204 g/mol. The van der Waals surface area contributed by atoms with Gasteiger partial charge in [-0.25, -0.2) is 0 Å². The quantitative estimate of drug-likeness (QED) is 0.591. The van der Waals surface area contributed by atoms with E-state index in [9.17, 15) is 4.79 Å². The Labute approximate surface area is 91.9 Å². The van der Waals surface area contributed by atoms with Gasteiger partial charge in [-0.1, -0.05) is 26.3 Å². The summed E-state index contributed by atoms with van der Waals surface area (Å²) in [5.74, 6) is 2.02. The first-order valence-corrected chi connectivity index (χ1v) is 6.15. The predicted octanol–water partition coefficient (Wildman–Crippen LogP) is 3.35. The highest BCUT2D eigenvalue weighted by molar-refractivity contribution is 5.94. The summed E-state index contributed by atoms with van der Waals surface area (Å²) < 4.78 is 0. The molecule has 1 nitrogen and oxygen atoms in total. The van der Waals surface area contributed by atoms with Gasteiger partial charge in [0.2, 0.25) is 0 Å². The van der Waals surface area contributed by atoms with Gasteiger partial charge in [0.1, 0.15) is 0 Å². The van der Waals surface area contributed by atoms with Crippen molar-refractivity contribution < 1.29 is 4.79 Å². The summed E-state index contributed by atoms with van der Waals surface area (Å²) in [6.07, 6.45) is 6.62. The number of rotatable bonds is 0. The van der Waals surface area contributed by atoms with Crippen LogP contribution < -0.4 is 0 Å². The summed E-state index contributed by atoms with van der Waals surface area (Å²) in [5, 5.41) is 0. The summed E-state index contributed by atoms with van der Waals surface area (Å²) in [5.41, 5.74) is 2.23. The second kappa shape index (κ2) is 2.56. The summed E-state index contributed by atoms with van der Waals surface area (Å²) in [7, 11) is 0. The molecule has 3 aliphatic carbocycles. The van der Waals surface area contributed by atoms with Crippen molar-refractivity contribution >= 4 is 5.78 Å². The molecule has 15 heavy (non-hydrogen) atoms. The largest absolute Gasteiger partial charge is 0.295 e. The Balaban J connectivity index is 1.96. The van der Waals surface area contributed by atoms with E-state index in [1.807, 2.05) is 6.08 Å². The van der Waals surface area contributed by atoms with Crippen molar-refractivity contribution in [1.29, 1.82) is 0 Å². The van der Waals surface area contributed by atoms with Crippen LogP contribution in [0.1, 0.15) is 46.5 Å². The van der Waals surface area contributed by atoms with E-state index in [2.05, 4.69) is 20.8 Å². The van der Waals surface area contributed by atoms with Gasteiger partial charge in [0.15, 0.2) is 5.78 Å². The molecule has 0 amide bonds. The van der Waals surface area contributed by atoms with Gasteiger partial charge in [-0.05, 0) is 48.0 Å². The van der Waals surface area contributed by atoms with Crippen molar-refractivity contribution in [3.05, 3.63) is 11.6 Å². The van der Waals surface area contributed by atoms with Crippen LogP contribution >= 0.6 is 0 Å². The van der Waals surface area contributed by atoms with E-state index in [1.54, 1.807) is 0 Å². The SMILES string of the molecule is CC1(C)C[C@@H]2CC3=CC(=O)C[C@@]3(C)[C@@H]2C1. The van der Waals surface area contributed by atoms with Gasteiger partial charge in [0, 0.05) is 6.42 Å². The molecule has 0 bridgehead atoms. The molecule has 0 radical (unpaired) electrons. The van der Waals surface area contributed by atoms with Crippen LogP contribution in [0, 0.1) is 22.7 Å². The minimum atomic E-state index is 0.246. The van der Waals surface area contributed by atoms with Crippen molar-refractivity contribution in [3.63, 3.8) is 0 Å². The molecule has 0 N–H and O–H groups in total. The fraction of sp³-hybridized carbons (Fsp3) is 0.786. The van der Waals surface area contributed by atoms with Crippen LogP contribution in [0.15, 0.2) is 11.6 Å². The van der Waals surface area contributed by atoms with Gasteiger partial charge in [0.25, 0.3) is 0 Å². The number of carbonyl (C=O) groups is 1. The summed E-state index contributed by atoms with van der Waals surface area (Å²) in [4.78, 5) is 11.5. The fourth-order valence-corrected chi connectivity index (χ4v) is 4.49. The van der Waals surface area contributed by atoms with Crippen LogP contribution in [-0.2, 0) is 4.79 Å². The zero-order valence-electron chi connectivity index (χ0n) is 9.97. The molecule has 3 aliphatic rings. The number of fused-ring (bicyclic) bond motifs is 3. The molecular formula is C14H20O. The van der Waals surface area contributed by atoms with Crippen LogP contribution in [0.5, 0.6) is 0 Å². The maximum Gasteiger partial charge on any atom is 0.156 e. The molecule has 1 heteroatoms. The topological polar surface area (TPSA) is 17.1 Å². The van der Waals surface area contributed by atoms with Crippen molar-refractivity contribution in [3.8, 4) is 0 Å². The van der Waals surface area contributed by atoms with E-state index in [0.29, 0.717) is 11.2 Å². The van der Waals surface area contributed by atoms with Gasteiger partial charge in [-0.2, -0.15) is 0 Å². The Morgan fingerprint density at radius 1 is 1.27 bits per heavy atom. The standard InChI is InChI=1S/C14H20O/c1-13(2)6-9-4-10-5-11(15)7-14(10,3)12(9)8-13/h5,9,12H,4,6-8H2,1-3H3/t9-,12+,14+/m0/s1. The minimum Gasteiger partial charge on any atom is -0.295 e. The van der Waals surface area contributed by atoms with E-state index >= 15 is 0 Å². The van der Waals surface area contributed by atoms with E-state index in [0.717, 1.165) is 18.3 Å². The third-order valence-corrected chi connectivity index (χ3v) is 5.07. The average molecular weight is 204 g/mol. The highest BCUT2D eigenvalue weighted by atomic mass is 16.1. The van der Waals surface area contributed by atoms with Gasteiger partial charge in [-0.15, -0.1) is 0 Å². The molecular weight excluding hydrogens is 184 g/mol. The molecule has 0 unspecified atom stereocenters. The smallest absolute Gasteiger partial charge is 0.156 e. The molecule has 0 aromatic rings. The van der Waals surface area contributed by atoms with Crippen LogP contribution in [-0.4, -0.2) is 5.78 Å². The molecule has 0 aliphatic heterocycles. The first kappa shape index (κ1) is 9.62. The second-order valence-corrected chi connectivity index (χ2v) is 6.87. The Morgan fingerprint density at radius 2 is 2.00 bits per heavy atom.